The Morgan fingerprint density at radius 1 is 1.31 bits per heavy atom. The van der Waals surface area contributed by atoms with Gasteiger partial charge in [0.25, 0.3) is 0 Å². The van der Waals surface area contributed by atoms with Gasteiger partial charge in [-0.3, -0.25) is 4.99 Å². The maximum atomic E-state index is 14.1. The van der Waals surface area contributed by atoms with Gasteiger partial charge in [-0.25, -0.2) is 9.37 Å². The minimum Gasteiger partial charge on any atom is -0.396 e. The van der Waals surface area contributed by atoms with Crippen molar-refractivity contribution in [2.24, 2.45) is 10.9 Å². The van der Waals surface area contributed by atoms with Crippen LogP contribution >= 0.6 is 12.2 Å². The minimum absolute atomic E-state index is 0.0791. The molecule has 0 radical (unpaired) electrons. The van der Waals surface area contributed by atoms with Crippen LogP contribution in [0.15, 0.2) is 47.7 Å². The van der Waals surface area contributed by atoms with Crippen LogP contribution in [0.25, 0.3) is 0 Å². The first-order valence-electron chi connectivity index (χ1n) is 11.8. The molecule has 5 N–H and O–H groups in total. The summed E-state index contributed by atoms with van der Waals surface area (Å²) >= 11 is 5.62. The summed E-state index contributed by atoms with van der Waals surface area (Å²) in [6.07, 6.45) is 7.16. The molecule has 4 atom stereocenters. The van der Waals surface area contributed by atoms with Crippen molar-refractivity contribution >= 4 is 35.7 Å². The highest BCUT2D eigenvalue weighted by atomic mass is 32.1. The standard InChI is InChI=1S/C26H33FN6O2S/c1-15-7-8-18(12-21(15)27)16(2)30-26-31-17(3)23(25(36)29-10-6-5-9-28-4)24(33-26)32-20-11-19(14-34)22(35)13-20/h5-10,12,16,19-20,22,34-35H,4,11,13-14H2,1-3H3,(H,29,36)(H2,30,31,32,33)/b9-5-,10-6+/t16-,19?,20?,22+/m1/s1. The van der Waals surface area contributed by atoms with Gasteiger partial charge in [-0.1, -0.05) is 24.4 Å². The number of aryl methyl sites for hydroxylation is 2. The number of rotatable bonds is 10. The number of hydrogen-bond donors (Lipinski definition) is 5. The van der Waals surface area contributed by atoms with E-state index < -0.39 is 6.10 Å². The number of hydrogen-bond acceptors (Lipinski definition) is 8. The first kappa shape index (κ1) is 27.4. The average molecular weight is 513 g/mol. The SMILES string of the molecule is C=N/C=C\C=C\NC(=S)c1c(C)nc(N[C@H](C)c2ccc(C)c(F)c2)nc1NC1CC(CO)[C@@H](O)C1. The highest BCUT2D eigenvalue weighted by Gasteiger charge is 2.33. The Morgan fingerprint density at radius 3 is 2.75 bits per heavy atom. The van der Waals surface area contributed by atoms with Crippen LogP contribution in [-0.4, -0.2) is 50.6 Å². The predicted molar refractivity (Wildman–Crippen MR) is 146 cm³/mol. The summed E-state index contributed by atoms with van der Waals surface area (Å²) in [7, 11) is 0. The summed E-state index contributed by atoms with van der Waals surface area (Å²) in [6, 6.07) is 4.77. The zero-order chi connectivity index (χ0) is 26.2. The Bertz CT molecular complexity index is 1160. The quantitative estimate of drug-likeness (QED) is 0.185. The van der Waals surface area contributed by atoms with E-state index >= 15 is 0 Å². The molecule has 8 nitrogen and oxygen atoms in total. The molecule has 0 saturated heterocycles. The number of anilines is 2. The molecule has 2 aromatic rings. The molecule has 10 heteroatoms. The van der Waals surface area contributed by atoms with Crippen LogP contribution in [0.1, 0.15) is 48.2 Å². The second-order valence-electron chi connectivity index (χ2n) is 8.91. The van der Waals surface area contributed by atoms with Gasteiger partial charge in [0, 0.05) is 31.0 Å². The molecular weight excluding hydrogens is 479 g/mol. The maximum absolute atomic E-state index is 14.1. The normalized spacial score (nSPS) is 20.6. The lowest BCUT2D eigenvalue weighted by Gasteiger charge is -2.21. The number of nitrogens with one attached hydrogen (secondary N) is 3. The molecule has 192 valence electrons. The summed E-state index contributed by atoms with van der Waals surface area (Å²) < 4.78 is 14.1. The Kier molecular flexibility index (Phi) is 9.63. The van der Waals surface area contributed by atoms with Gasteiger partial charge in [0.05, 0.1) is 23.4 Å². The van der Waals surface area contributed by atoms with Crippen LogP contribution in [-0.2, 0) is 0 Å². The lowest BCUT2D eigenvalue weighted by atomic mass is 10.1. The third-order valence-corrected chi connectivity index (χ3v) is 6.53. The lowest BCUT2D eigenvalue weighted by molar-refractivity contribution is 0.0908. The van der Waals surface area contributed by atoms with Gasteiger partial charge in [-0.2, -0.15) is 4.98 Å². The molecule has 1 heterocycles. The van der Waals surface area contributed by atoms with E-state index in [4.69, 9.17) is 17.2 Å². The van der Waals surface area contributed by atoms with Crippen molar-refractivity contribution < 1.29 is 14.6 Å². The Balaban J connectivity index is 1.89. The number of aliphatic hydroxyl groups excluding tert-OH is 2. The number of halogens is 1. The van der Waals surface area contributed by atoms with Crippen molar-refractivity contribution in [2.75, 3.05) is 17.2 Å². The van der Waals surface area contributed by atoms with E-state index in [9.17, 15) is 14.6 Å². The van der Waals surface area contributed by atoms with E-state index in [0.717, 1.165) is 5.56 Å². The van der Waals surface area contributed by atoms with Gasteiger partial charge < -0.3 is 26.2 Å². The minimum atomic E-state index is -0.591. The number of thiocarbonyl (C=S) groups is 1. The van der Waals surface area contributed by atoms with E-state index in [1.54, 1.807) is 37.5 Å². The summed E-state index contributed by atoms with van der Waals surface area (Å²) in [6.45, 7) is 8.77. The molecule has 0 aliphatic heterocycles. The van der Waals surface area contributed by atoms with E-state index in [-0.39, 0.29) is 30.4 Å². The number of aliphatic imine (C=N–C) groups is 1. The highest BCUT2D eigenvalue weighted by Crippen LogP contribution is 2.30. The molecule has 0 spiro atoms. The van der Waals surface area contributed by atoms with Crippen LogP contribution in [0.4, 0.5) is 16.2 Å². The largest absolute Gasteiger partial charge is 0.396 e. The number of allylic oxidation sites excluding steroid dienone is 2. The summed E-state index contributed by atoms with van der Waals surface area (Å²) in [5.74, 6) is 0.415. The molecule has 1 saturated carbocycles. The van der Waals surface area contributed by atoms with Crippen molar-refractivity contribution in [3.63, 3.8) is 0 Å². The first-order valence-corrected chi connectivity index (χ1v) is 12.2. The van der Waals surface area contributed by atoms with Gasteiger partial charge in [-0.15, -0.1) is 0 Å². The fraction of sp³-hybridized carbons (Fsp3) is 0.385. The Morgan fingerprint density at radius 2 is 2.08 bits per heavy atom. The highest BCUT2D eigenvalue weighted by molar-refractivity contribution is 7.80. The zero-order valence-corrected chi connectivity index (χ0v) is 21.5. The van der Waals surface area contributed by atoms with E-state index in [0.29, 0.717) is 46.4 Å². The smallest absolute Gasteiger partial charge is 0.225 e. The van der Waals surface area contributed by atoms with Crippen LogP contribution in [0.3, 0.4) is 0 Å². The Labute approximate surface area is 216 Å². The van der Waals surface area contributed by atoms with Crippen LogP contribution in [0.2, 0.25) is 0 Å². The van der Waals surface area contributed by atoms with Crippen molar-refractivity contribution in [1.82, 2.24) is 15.3 Å². The lowest BCUT2D eigenvalue weighted by Crippen LogP contribution is -2.25. The van der Waals surface area contributed by atoms with Crippen molar-refractivity contribution in [2.45, 2.75) is 51.8 Å². The third-order valence-electron chi connectivity index (χ3n) is 6.20. The molecule has 1 aliphatic carbocycles. The topological polar surface area (TPSA) is 115 Å². The predicted octanol–water partition coefficient (Wildman–Crippen LogP) is 3.94. The van der Waals surface area contributed by atoms with Crippen molar-refractivity contribution in [3.8, 4) is 0 Å². The van der Waals surface area contributed by atoms with Crippen molar-refractivity contribution in [3.05, 3.63) is 71.0 Å². The molecule has 0 amide bonds. The second kappa shape index (κ2) is 12.7. The zero-order valence-electron chi connectivity index (χ0n) is 20.7. The number of benzene rings is 1. The van der Waals surface area contributed by atoms with Crippen molar-refractivity contribution in [1.29, 1.82) is 0 Å². The fourth-order valence-electron chi connectivity index (χ4n) is 4.14. The van der Waals surface area contributed by atoms with Gasteiger partial charge in [-0.05, 0) is 69.7 Å². The first-order chi connectivity index (χ1) is 17.2. The molecule has 36 heavy (non-hydrogen) atoms. The number of aromatic nitrogens is 2. The van der Waals surface area contributed by atoms with Gasteiger partial charge >= 0.3 is 0 Å². The molecule has 1 fully saturated rings. The van der Waals surface area contributed by atoms with Gasteiger partial charge in [0.15, 0.2) is 0 Å². The molecule has 2 unspecified atom stereocenters. The molecule has 0 bridgehead atoms. The third kappa shape index (κ3) is 6.93. The fourth-order valence-corrected chi connectivity index (χ4v) is 4.45. The Hall–Kier alpha value is -3.21. The number of aliphatic hydroxyl groups is 2. The second-order valence-corrected chi connectivity index (χ2v) is 9.32. The van der Waals surface area contributed by atoms with Crippen LogP contribution in [0, 0.1) is 25.6 Å². The van der Waals surface area contributed by atoms with Gasteiger partial charge in [0.1, 0.15) is 16.6 Å². The summed E-state index contributed by atoms with van der Waals surface area (Å²) in [5.41, 5.74) is 2.62. The van der Waals surface area contributed by atoms with E-state index in [2.05, 4.69) is 32.6 Å². The van der Waals surface area contributed by atoms with E-state index in [1.807, 2.05) is 19.9 Å². The average Bonchev–Trinajstić information content (AvgIpc) is 3.19. The monoisotopic (exact) mass is 512 g/mol. The molecule has 1 aromatic carbocycles. The van der Waals surface area contributed by atoms with E-state index in [1.165, 1.54) is 6.07 Å². The number of nitrogens with zero attached hydrogens (tertiary/aromatic N) is 3. The maximum Gasteiger partial charge on any atom is 0.225 e. The summed E-state index contributed by atoms with van der Waals surface area (Å²) in [4.78, 5) is 13.4. The van der Waals surface area contributed by atoms with Crippen LogP contribution < -0.4 is 16.0 Å². The molecular formula is C26H33FN6O2S. The molecule has 1 aromatic heterocycles. The molecule has 3 rings (SSSR count). The summed E-state index contributed by atoms with van der Waals surface area (Å²) in [5, 5.41) is 29.5. The van der Waals surface area contributed by atoms with Crippen LogP contribution in [0.5, 0.6) is 0 Å². The van der Waals surface area contributed by atoms with Gasteiger partial charge in [0.2, 0.25) is 5.95 Å². The molecule has 1 aliphatic rings.